The van der Waals surface area contributed by atoms with Crippen molar-refractivity contribution in [3.8, 4) is 11.5 Å². The number of hydrogen-bond acceptors (Lipinski definition) is 6. The highest BCUT2D eigenvalue weighted by Gasteiger charge is 2.39. The van der Waals surface area contributed by atoms with Crippen LogP contribution in [0.25, 0.3) is 0 Å². The minimum absolute atomic E-state index is 0.0522. The summed E-state index contributed by atoms with van der Waals surface area (Å²) in [5.74, 6) is 0.526. The molecule has 0 saturated carbocycles. The Labute approximate surface area is 198 Å². The first kappa shape index (κ1) is 22.7. The zero-order valence-electron chi connectivity index (χ0n) is 18.8. The Morgan fingerprint density at radius 3 is 2.38 bits per heavy atom. The molecule has 0 N–H and O–H groups in total. The van der Waals surface area contributed by atoms with Crippen LogP contribution in [0, 0.1) is 5.92 Å². The smallest absolute Gasteiger partial charge is 0.228 e. The van der Waals surface area contributed by atoms with Gasteiger partial charge in [0.1, 0.15) is 13.2 Å². The standard InChI is InChI=1S/C24H27N3O6S/c28-23-14-19(16-27(23)20-6-7-21-22(15-20)33-13-12-32-21)24(29)25-8-10-26(11-9-25)34(30,31)17-18-4-2-1-3-5-18/h1-7,15,19H,8-14,16-17H2/t19-/m1/s1. The van der Waals surface area contributed by atoms with E-state index < -0.39 is 15.9 Å². The first-order chi connectivity index (χ1) is 16.4. The normalized spacial score (nSPS) is 21.1. The van der Waals surface area contributed by atoms with Crippen LogP contribution in [-0.4, -0.2) is 75.4 Å². The van der Waals surface area contributed by atoms with Gasteiger partial charge in [-0.25, -0.2) is 8.42 Å². The van der Waals surface area contributed by atoms with Crippen molar-refractivity contribution in [2.75, 3.05) is 50.8 Å². The van der Waals surface area contributed by atoms with Crippen molar-refractivity contribution in [1.82, 2.24) is 9.21 Å². The molecule has 2 amide bonds. The molecule has 2 saturated heterocycles. The predicted octanol–water partition coefficient (Wildman–Crippen LogP) is 1.48. The first-order valence-electron chi connectivity index (χ1n) is 11.4. The molecule has 2 aromatic rings. The number of sulfonamides is 1. The molecule has 3 aliphatic heterocycles. The summed E-state index contributed by atoms with van der Waals surface area (Å²) in [5, 5.41) is 0. The van der Waals surface area contributed by atoms with Crippen LogP contribution in [0.2, 0.25) is 0 Å². The number of hydrogen-bond donors (Lipinski definition) is 0. The van der Waals surface area contributed by atoms with Crippen LogP contribution in [0.15, 0.2) is 48.5 Å². The molecular weight excluding hydrogens is 458 g/mol. The van der Waals surface area contributed by atoms with Gasteiger partial charge in [0, 0.05) is 50.9 Å². The highest BCUT2D eigenvalue weighted by atomic mass is 32.2. The van der Waals surface area contributed by atoms with E-state index in [1.807, 2.05) is 18.2 Å². The molecule has 0 spiro atoms. The van der Waals surface area contributed by atoms with Crippen LogP contribution < -0.4 is 14.4 Å². The van der Waals surface area contributed by atoms with Gasteiger partial charge in [0.05, 0.1) is 11.7 Å². The monoisotopic (exact) mass is 485 g/mol. The molecule has 1 atom stereocenters. The topological polar surface area (TPSA) is 96.5 Å². The Morgan fingerprint density at radius 2 is 1.65 bits per heavy atom. The van der Waals surface area contributed by atoms with E-state index in [9.17, 15) is 18.0 Å². The third-order valence-corrected chi connectivity index (χ3v) is 8.30. The number of piperazine rings is 1. The Bertz CT molecular complexity index is 1180. The molecule has 34 heavy (non-hydrogen) atoms. The number of amides is 2. The third kappa shape index (κ3) is 4.60. The van der Waals surface area contributed by atoms with Crippen LogP contribution in [0.4, 0.5) is 5.69 Å². The molecule has 0 aromatic heterocycles. The fraction of sp³-hybridized carbons (Fsp3) is 0.417. The van der Waals surface area contributed by atoms with Crippen molar-refractivity contribution >= 4 is 27.5 Å². The van der Waals surface area contributed by atoms with E-state index in [4.69, 9.17) is 9.47 Å². The Hall–Kier alpha value is -3.11. The number of fused-ring (bicyclic) bond motifs is 1. The molecule has 9 nitrogen and oxygen atoms in total. The number of ether oxygens (including phenoxy) is 2. The molecule has 2 aromatic carbocycles. The lowest BCUT2D eigenvalue weighted by atomic mass is 10.1. The summed E-state index contributed by atoms with van der Waals surface area (Å²) in [6, 6.07) is 14.4. The van der Waals surface area contributed by atoms with Crippen LogP contribution in [0.3, 0.4) is 0 Å². The van der Waals surface area contributed by atoms with Gasteiger partial charge in [0.25, 0.3) is 0 Å². The van der Waals surface area contributed by atoms with Gasteiger partial charge in [-0.2, -0.15) is 4.31 Å². The lowest BCUT2D eigenvalue weighted by Crippen LogP contribution is -2.52. The average Bonchev–Trinajstić information content (AvgIpc) is 3.25. The van der Waals surface area contributed by atoms with Gasteiger partial charge in [-0.15, -0.1) is 0 Å². The lowest BCUT2D eigenvalue weighted by molar-refractivity contribution is -0.136. The number of anilines is 1. The summed E-state index contributed by atoms with van der Waals surface area (Å²) in [7, 11) is -3.45. The largest absolute Gasteiger partial charge is 0.486 e. The summed E-state index contributed by atoms with van der Waals surface area (Å²) in [5.41, 5.74) is 1.42. The molecule has 5 rings (SSSR count). The maximum absolute atomic E-state index is 13.1. The van der Waals surface area contributed by atoms with Crippen molar-refractivity contribution < 1.29 is 27.5 Å². The maximum atomic E-state index is 13.1. The third-order valence-electron chi connectivity index (χ3n) is 6.45. The summed E-state index contributed by atoms with van der Waals surface area (Å²) in [4.78, 5) is 29.1. The van der Waals surface area contributed by atoms with E-state index in [1.54, 1.807) is 40.1 Å². The Kier molecular flexibility index (Phi) is 6.18. The lowest BCUT2D eigenvalue weighted by Gasteiger charge is -2.35. The Morgan fingerprint density at radius 1 is 0.941 bits per heavy atom. The van der Waals surface area contributed by atoms with Crippen molar-refractivity contribution in [3.05, 3.63) is 54.1 Å². The van der Waals surface area contributed by atoms with Gasteiger partial charge in [0.15, 0.2) is 11.5 Å². The van der Waals surface area contributed by atoms with Crippen molar-refractivity contribution in [3.63, 3.8) is 0 Å². The maximum Gasteiger partial charge on any atom is 0.228 e. The second kappa shape index (κ2) is 9.27. The second-order valence-electron chi connectivity index (χ2n) is 8.70. The van der Waals surface area contributed by atoms with Crippen LogP contribution in [0.5, 0.6) is 11.5 Å². The number of carbonyl (C=O) groups is 2. The summed E-state index contributed by atoms with van der Waals surface area (Å²) in [6.07, 6.45) is 0.139. The molecule has 10 heteroatoms. The SMILES string of the molecule is O=C([C@@H]1CC(=O)N(c2ccc3c(c2)OCCO3)C1)N1CCN(S(=O)(=O)Cc2ccccc2)CC1. The highest BCUT2D eigenvalue weighted by molar-refractivity contribution is 7.88. The summed E-state index contributed by atoms with van der Waals surface area (Å²) in [6.45, 7) is 2.40. The van der Waals surface area contributed by atoms with Gasteiger partial charge in [-0.1, -0.05) is 30.3 Å². The minimum atomic E-state index is -3.45. The zero-order valence-corrected chi connectivity index (χ0v) is 19.6. The summed E-state index contributed by atoms with van der Waals surface area (Å²) >= 11 is 0. The Balaban J connectivity index is 1.19. The van der Waals surface area contributed by atoms with E-state index in [0.717, 1.165) is 5.56 Å². The van der Waals surface area contributed by atoms with Crippen molar-refractivity contribution in [2.45, 2.75) is 12.2 Å². The first-order valence-corrected chi connectivity index (χ1v) is 13.0. The number of benzene rings is 2. The number of rotatable bonds is 5. The van der Waals surface area contributed by atoms with Crippen LogP contribution in [0.1, 0.15) is 12.0 Å². The van der Waals surface area contributed by atoms with Gasteiger partial charge < -0.3 is 19.3 Å². The average molecular weight is 486 g/mol. The van der Waals surface area contributed by atoms with Gasteiger partial charge >= 0.3 is 0 Å². The molecule has 2 fully saturated rings. The van der Waals surface area contributed by atoms with Gasteiger partial charge in [0.2, 0.25) is 21.8 Å². The van der Waals surface area contributed by atoms with Gasteiger partial charge in [-0.05, 0) is 17.7 Å². The number of carbonyl (C=O) groups excluding carboxylic acids is 2. The quantitative estimate of drug-likeness (QED) is 0.637. The molecule has 0 unspecified atom stereocenters. The second-order valence-corrected chi connectivity index (χ2v) is 10.7. The molecule has 0 radical (unpaired) electrons. The van der Waals surface area contributed by atoms with E-state index in [-0.39, 0.29) is 37.1 Å². The number of nitrogens with zero attached hydrogens (tertiary/aromatic N) is 3. The van der Waals surface area contributed by atoms with Crippen molar-refractivity contribution in [1.29, 1.82) is 0 Å². The molecular formula is C24H27N3O6S. The van der Waals surface area contributed by atoms with E-state index in [2.05, 4.69) is 0 Å². The molecule has 180 valence electrons. The summed E-state index contributed by atoms with van der Waals surface area (Å²) < 4.78 is 38.2. The molecule has 3 heterocycles. The predicted molar refractivity (Wildman–Crippen MR) is 125 cm³/mol. The van der Waals surface area contributed by atoms with Crippen LogP contribution in [-0.2, 0) is 25.4 Å². The van der Waals surface area contributed by atoms with Gasteiger partial charge in [-0.3, -0.25) is 9.59 Å². The molecule has 0 aliphatic carbocycles. The molecule has 0 bridgehead atoms. The fourth-order valence-corrected chi connectivity index (χ4v) is 6.16. The van der Waals surface area contributed by atoms with E-state index in [0.29, 0.717) is 50.0 Å². The minimum Gasteiger partial charge on any atom is -0.486 e. The van der Waals surface area contributed by atoms with E-state index >= 15 is 0 Å². The molecule has 3 aliphatic rings. The highest BCUT2D eigenvalue weighted by Crippen LogP contribution is 2.36. The van der Waals surface area contributed by atoms with Crippen LogP contribution >= 0.6 is 0 Å². The van der Waals surface area contributed by atoms with Crippen molar-refractivity contribution in [2.24, 2.45) is 5.92 Å². The van der Waals surface area contributed by atoms with E-state index in [1.165, 1.54) is 4.31 Å². The zero-order chi connectivity index (χ0) is 23.7. The fourth-order valence-electron chi connectivity index (χ4n) is 4.64.